The largest absolute Gasteiger partial charge is 0.465 e. The van der Waals surface area contributed by atoms with Crippen LogP contribution in [0.2, 0.25) is 0 Å². The van der Waals surface area contributed by atoms with Crippen LogP contribution in [0.4, 0.5) is 5.69 Å². The first-order chi connectivity index (χ1) is 12.5. The van der Waals surface area contributed by atoms with Crippen LogP contribution in [-0.4, -0.2) is 21.5 Å². The van der Waals surface area contributed by atoms with Gasteiger partial charge in [-0.05, 0) is 29.1 Å². The Bertz CT molecular complexity index is 983. The number of anilines is 1. The van der Waals surface area contributed by atoms with Crippen LogP contribution in [0.15, 0.2) is 77.0 Å². The number of esters is 1. The summed E-state index contributed by atoms with van der Waals surface area (Å²) >= 11 is 1.05. The van der Waals surface area contributed by atoms with Gasteiger partial charge in [0, 0.05) is 0 Å². The van der Waals surface area contributed by atoms with Crippen molar-refractivity contribution in [3.05, 3.63) is 82.6 Å². The summed E-state index contributed by atoms with van der Waals surface area (Å²) in [7, 11) is -2.72. The first-order valence-electron chi connectivity index (χ1n) is 7.81. The summed E-state index contributed by atoms with van der Waals surface area (Å²) in [6, 6.07) is 19.6. The average molecular weight is 387 g/mol. The van der Waals surface area contributed by atoms with Crippen molar-refractivity contribution in [2.45, 2.75) is 11.4 Å². The van der Waals surface area contributed by atoms with Gasteiger partial charge in [0.1, 0.15) is 9.77 Å². The van der Waals surface area contributed by atoms with E-state index in [2.05, 4.69) is 0 Å². The molecule has 1 heterocycles. The number of sulfonamides is 1. The highest BCUT2D eigenvalue weighted by molar-refractivity contribution is 7.93. The molecule has 7 heteroatoms. The third-order valence-electron chi connectivity index (χ3n) is 3.78. The Labute approximate surface area is 156 Å². The standard InChI is InChI=1S/C19H17NO4S2/c1-24-19(21)18-17(12-13-25-18)26(22,23)20(16-10-6-3-7-11-16)14-15-8-4-2-5-9-15/h2-13H,14H2,1H3. The summed E-state index contributed by atoms with van der Waals surface area (Å²) in [4.78, 5) is 12.0. The molecule has 0 spiro atoms. The highest BCUT2D eigenvalue weighted by atomic mass is 32.2. The van der Waals surface area contributed by atoms with Crippen LogP contribution in [0.1, 0.15) is 15.2 Å². The molecule has 3 rings (SSSR count). The van der Waals surface area contributed by atoms with E-state index in [0.29, 0.717) is 5.69 Å². The Balaban J connectivity index is 2.09. The fraction of sp³-hybridized carbons (Fsp3) is 0.105. The van der Waals surface area contributed by atoms with Gasteiger partial charge in [0.15, 0.2) is 0 Å². The number of methoxy groups -OCH3 is 1. The zero-order chi connectivity index (χ0) is 18.6. The summed E-state index contributed by atoms with van der Waals surface area (Å²) in [5.74, 6) is -0.661. The molecule has 0 aliphatic carbocycles. The molecule has 0 saturated carbocycles. The molecule has 0 fully saturated rings. The maximum absolute atomic E-state index is 13.4. The third kappa shape index (κ3) is 3.63. The van der Waals surface area contributed by atoms with E-state index in [9.17, 15) is 13.2 Å². The minimum atomic E-state index is -3.95. The summed E-state index contributed by atoms with van der Waals surface area (Å²) in [6.45, 7) is 0.156. The van der Waals surface area contributed by atoms with E-state index in [-0.39, 0.29) is 16.3 Å². The third-order valence-corrected chi connectivity index (χ3v) is 6.62. The van der Waals surface area contributed by atoms with E-state index in [1.165, 1.54) is 17.5 Å². The molecule has 26 heavy (non-hydrogen) atoms. The Morgan fingerprint density at radius 3 is 2.23 bits per heavy atom. The highest BCUT2D eigenvalue weighted by Crippen LogP contribution is 2.30. The lowest BCUT2D eigenvalue weighted by molar-refractivity contribution is 0.0602. The molecule has 0 aliphatic heterocycles. The van der Waals surface area contributed by atoms with Gasteiger partial charge >= 0.3 is 5.97 Å². The molecule has 134 valence electrons. The maximum Gasteiger partial charge on any atom is 0.349 e. The van der Waals surface area contributed by atoms with Crippen molar-refractivity contribution in [2.24, 2.45) is 0 Å². The van der Waals surface area contributed by atoms with Crippen molar-refractivity contribution in [1.82, 2.24) is 0 Å². The number of hydrogen-bond donors (Lipinski definition) is 0. The number of carbonyl (C=O) groups is 1. The molecule has 0 unspecified atom stereocenters. The van der Waals surface area contributed by atoms with Crippen LogP contribution < -0.4 is 4.31 Å². The summed E-state index contributed by atoms with van der Waals surface area (Å²) in [5, 5.41) is 1.57. The lowest BCUT2D eigenvalue weighted by atomic mass is 10.2. The smallest absolute Gasteiger partial charge is 0.349 e. The SMILES string of the molecule is COC(=O)c1sccc1S(=O)(=O)N(Cc1ccccc1)c1ccccc1. The van der Waals surface area contributed by atoms with Crippen molar-refractivity contribution in [1.29, 1.82) is 0 Å². The number of rotatable bonds is 6. The first-order valence-corrected chi connectivity index (χ1v) is 10.1. The van der Waals surface area contributed by atoms with Gasteiger partial charge in [-0.1, -0.05) is 48.5 Å². The molecule has 0 bridgehead atoms. The molecule has 1 aromatic heterocycles. The summed E-state index contributed by atoms with van der Waals surface area (Å²) < 4.78 is 32.8. The van der Waals surface area contributed by atoms with Crippen molar-refractivity contribution < 1.29 is 17.9 Å². The zero-order valence-electron chi connectivity index (χ0n) is 14.0. The quantitative estimate of drug-likeness (QED) is 0.601. The predicted octanol–water partition coefficient (Wildman–Crippen LogP) is 3.93. The monoisotopic (exact) mass is 387 g/mol. The minimum absolute atomic E-state index is 0.0471. The second kappa shape index (κ2) is 7.72. The van der Waals surface area contributed by atoms with Crippen LogP contribution in [-0.2, 0) is 21.3 Å². The molecule has 0 aliphatic rings. The second-order valence-corrected chi connectivity index (χ2v) is 8.19. The number of thiophene rings is 1. The first kappa shape index (κ1) is 18.2. The normalized spacial score (nSPS) is 11.1. The number of carbonyl (C=O) groups excluding carboxylic acids is 1. The van der Waals surface area contributed by atoms with E-state index < -0.39 is 16.0 Å². The van der Waals surface area contributed by atoms with Crippen LogP contribution >= 0.6 is 11.3 Å². The molecule has 0 atom stereocenters. The Morgan fingerprint density at radius 2 is 1.62 bits per heavy atom. The van der Waals surface area contributed by atoms with Gasteiger partial charge < -0.3 is 4.74 Å². The molecule has 0 N–H and O–H groups in total. The Kier molecular flexibility index (Phi) is 5.39. The molecule has 0 saturated heterocycles. The van der Waals surface area contributed by atoms with Gasteiger partial charge in [-0.2, -0.15) is 0 Å². The molecular weight excluding hydrogens is 370 g/mol. The van der Waals surface area contributed by atoms with Crippen LogP contribution in [0.3, 0.4) is 0 Å². The van der Waals surface area contributed by atoms with Crippen molar-refractivity contribution in [3.8, 4) is 0 Å². The van der Waals surface area contributed by atoms with Crippen molar-refractivity contribution >= 4 is 33.0 Å². The molecule has 3 aromatic rings. The van der Waals surface area contributed by atoms with Crippen LogP contribution in [0.25, 0.3) is 0 Å². The maximum atomic E-state index is 13.4. The number of benzene rings is 2. The van der Waals surface area contributed by atoms with E-state index in [0.717, 1.165) is 16.9 Å². The van der Waals surface area contributed by atoms with Gasteiger partial charge in [0.25, 0.3) is 10.0 Å². The molecule has 2 aromatic carbocycles. The van der Waals surface area contributed by atoms with Gasteiger partial charge in [0.2, 0.25) is 0 Å². The minimum Gasteiger partial charge on any atom is -0.465 e. The molecule has 0 radical (unpaired) electrons. The van der Waals surface area contributed by atoms with Gasteiger partial charge in [-0.15, -0.1) is 11.3 Å². The molecule has 5 nitrogen and oxygen atoms in total. The van der Waals surface area contributed by atoms with E-state index in [1.54, 1.807) is 29.6 Å². The van der Waals surface area contributed by atoms with E-state index >= 15 is 0 Å². The second-order valence-electron chi connectivity index (χ2n) is 5.44. The summed E-state index contributed by atoms with van der Waals surface area (Å²) in [6.07, 6.45) is 0. The lowest BCUT2D eigenvalue weighted by Gasteiger charge is -2.24. The lowest BCUT2D eigenvalue weighted by Crippen LogP contribution is -2.31. The summed E-state index contributed by atoms with van der Waals surface area (Å²) in [5.41, 5.74) is 1.37. The zero-order valence-corrected chi connectivity index (χ0v) is 15.7. The number of nitrogens with zero attached hydrogens (tertiary/aromatic N) is 1. The Morgan fingerprint density at radius 1 is 1.00 bits per heavy atom. The average Bonchev–Trinajstić information content (AvgIpc) is 3.18. The number of ether oxygens (including phenoxy) is 1. The highest BCUT2D eigenvalue weighted by Gasteiger charge is 2.31. The van der Waals surface area contributed by atoms with Crippen molar-refractivity contribution in [2.75, 3.05) is 11.4 Å². The van der Waals surface area contributed by atoms with E-state index in [1.807, 2.05) is 36.4 Å². The topological polar surface area (TPSA) is 63.7 Å². The van der Waals surface area contributed by atoms with Crippen LogP contribution in [0.5, 0.6) is 0 Å². The predicted molar refractivity (Wildman–Crippen MR) is 102 cm³/mol. The number of para-hydroxylation sites is 1. The fourth-order valence-corrected chi connectivity index (χ4v) is 5.28. The molecular formula is C19H17NO4S2. The van der Waals surface area contributed by atoms with Crippen molar-refractivity contribution in [3.63, 3.8) is 0 Å². The number of hydrogen-bond acceptors (Lipinski definition) is 5. The van der Waals surface area contributed by atoms with Gasteiger partial charge in [-0.25, -0.2) is 13.2 Å². The Hall–Kier alpha value is -2.64. The fourth-order valence-electron chi connectivity index (χ4n) is 2.52. The van der Waals surface area contributed by atoms with Crippen LogP contribution in [0, 0.1) is 0 Å². The van der Waals surface area contributed by atoms with E-state index in [4.69, 9.17) is 4.74 Å². The molecule has 0 amide bonds. The van der Waals surface area contributed by atoms with Gasteiger partial charge in [-0.3, -0.25) is 4.31 Å². The van der Waals surface area contributed by atoms with Gasteiger partial charge in [0.05, 0.1) is 19.3 Å².